The van der Waals surface area contributed by atoms with E-state index in [1.165, 1.54) is 0 Å². The van der Waals surface area contributed by atoms with Gasteiger partial charge in [0, 0.05) is 19.4 Å². The van der Waals surface area contributed by atoms with Gasteiger partial charge in [0.05, 0.1) is 6.42 Å². The Bertz CT molecular complexity index is 349. The Labute approximate surface area is 112 Å². The van der Waals surface area contributed by atoms with Gasteiger partial charge in [-0.1, -0.05) is 12.8 Å². The lowest BCUT2D eigenvalue weighted by Gasteiger charge is -2.26. The second kappa shape index (κ2) is 7.11. The fourth-order valence-corrected chi connectivity index (χ4v) is 2.76. The van der Waals surface area contributed by atoms with Crippen LogP contribution in [0.5, 0.6) is 0 Å². The minimum absolute atomic E-state index is 0.0572. The zero-order valence-corrected chi connectivity index (χ0v) is 11.1. The minimum atomic E-state index is -0.844. The summed E-state index contributed by atoms with van der Waals surface area (Å²) in [5.74, 6) is -1.36. The number of carboxylic acids is 1. The van der Waals surface area contributed by atoms with Gasteiger partial charge in [-0.05, 0) is 24.7 Å². The Morgan fingerprint density at radius 2 is 1.79 bits per heavy atom. The molecule has 0 spiro atoms. The van der Waals surface area contributed by atoms with E-state index in [1.54, 1.807) is 0 Å². The average Bonchev–Trinajstić information content (AvgIpc) is 2.71. The first-order chi connectivity index (χ1) is 8.93. The third kappa shape index (κ3) is 5.72. The Morgan fingerprint density at radius 1 is 1.16 bits per heavy atom. The van der Waals surface area contributed by atoms with Crippen LogP contribution in [0.4, 0.5) is 0 Å². The molecule has 0 atom stereocenters. The van der Waals surface area contributed by atoms with Gasteiger partial charge in [-0.3, -0.25) is 14.4 Å². The van der Waals surface area contributed by atoms with Crippen LogP contribution in [0.25, 0.3) is 0 Å². The minimum Gasteiger partial charge on any atom is -0.481 e. The van der Waals surface area contributed by atoms with E-state index in [0.29, 0.717) is 13.0 Å². The molecule has 2 amide bonds. The van der Waals surface area contributed by atoms with Crippen LogP contribution < -0.4 is 11.1 Å². The molecule has 108 valence electrons. The van der Waals surface area contributed by atoms with Gasteiger partial charge < -0.3 is 16.2 Å². The van der Waals surface area contributed by atoms with Crippen LogP contribution in [0, 0.1) is 5.41 Å². The maximum absolute atomic E-state index is 11.8. The van der Waals surface area contributed by atoms with E-state index >= 15 is 0 Å². The molecule has 1 aliphatic rings. The Balaban J connectivity index is 2.35. The number of nitrogens with two attached hydrogens (primary N) is 1. The molecule has 0 aromatic heterocycles. The summed E-state index contributed by atoms with van der Waals surface area (Å²) in [5, 5.41) is 11.7. The van der Waals surface area contributed by atoms with Gasteiger partial charge in [0.2, 0.25) is 11.8 Å². The van der Waals surface area contributed by atoms with Crippen LogP contribution in [0.2, 0.25) is 0 Å². The van der Waals surface area contributed by atoms with Crippen molar-refractivity contribution >= 4 is 17.8 Å². The van der Waals surface area contributed by atoms with Crippen molar-refractivity contribution in [1.29, 1.82) is 0 Å². The van der Waals surface area contributed by atoms with Crippen LogP contribution in [-0.2, 0) is 14.4 Å². The van der Waals surface area contributed by atoms with E-state index < -0.39 is 5.97 Å². The van der Waals surface area contributed by atoms with Gasteiger partial charge in [-0.2, -0.15) is 0 Å². The molecule has 0 radical (unpaired) electrons. The first kappa shape index (κ1) is 15.5. The number of hydrogen-bond donors (Lipinski definition) is 3. The van der Waals surface area contributed by atoms with E-state index in [2.05, 4.69) is 5.32 Å². The predicted octanol–water partition coefficient (Wildman–Crippen LogP) is 0.793. The largest absolute Gasteiger partial charge is 0.481 e. The third-order valence-electron chi connectivity index (χ3n) is 3.65. The number of amides is 2. The summed E-state index contributed by atoms with van der Waals surface area (Å²) in [6.45, 7) is 0.408. The number of carbonyl (C=O) groups is 3. The highest BCUT2D eigenvalue weighted by Gasteiger charge is 2.37. The Morgan fingerprint density at radius 3 is 2.32 bits per heavy atom. The highest BCUT2D eigenvalue weighted by Crippen LogP contribution is 2.43. The van der Waals surface area contributed by atoms with Gasteiger partial charge in [-0.25, -0.2) is 0 Å². The number of rotatable bonds is 8. The molecular weight excluding hydrogens is 248 g/mol. The molecule has 1 saturated carbocycles. The lowest BCUT2D eigenvalue weighted by atomic mass is 9.79. The van der Waals surface area contributed by atoms with E-state index in [4.69, 9.17) is 10.8 Å². The number of nitrogens with one attached hydrogen (secondary N) is 1. The standard InChI is InChI=1S/C13H22N2O4/c14-10(16)4-3-7-15-11(17)8-13(9-12(18)19)5-1-2-6-13/h1-9H2,(H2,14,16)(H,15,17)(H,18,19). The van der Waals surface area contributed by atoms with Crippen molar-refractivity contribution < 1.29 is 19.5 Å². The number of hydrogen-bond acceptors (Lipinski definition) is 3. The summed E-state index contributed by atoms with van der Waals surface area (Å²) in [5.41, 5.74) is 4.62. The lowest BCUT2D eigenvalue weighted by molar-refractivity contribution is -0.140. The van der Waals surface area contributed by atoms with Crippen LogP contribution in [-0.4, -0.2) is 29.4 Å². The van der Waals surface area contributed by atoms with E-state index in [1.807, 2.05) is 0 Å². The van der Waals surface area contributed by atoms with Crippen LogP contribution >= 0.6 is 0 Å². The molecule has 4 N–H and O–H groups in total. The lowest BCUT2D eigenvalue weighted by Crippen LogP contribution is -2.32. The predicted molar refractivity (Wildman–Crippen MR) is 69.2 cm³/mol. The zero-order valence-electron chi connectivity index (χ0n) is 11.1. The molecule has 6 heteroatoms. The summed E-state index contributed by atoms with van der Waals surface area (Å²) in [6, 6.07) is 0. The molecule has 1 rings (SSSR count). The van der Waals surface area contributed by atoms with Crippen molar-refractivity contribution in [1.82, 2.24) is 5.32 Å². The summed E-state index contributed by atoms with van der Waals surface area (Å²) in [6.07, 6.45) is 4.66. The fraction of sp³-hybridized carbons (Fsp3) is 0.769. The number of carbonyl (C=O) groups excluding carboxylic acids is 2. The maximum atomic E-state index is 11.8. The van der Waals surface area contributed by atoms with Gasteiger partial charge >= 0.3 is 5.97 Å². The molecule has 0 unspecified atom stereocenters. The molecule has 0 heterocycles. The molecular formula is C13H22N2O4. The second-order valence-corrected chi connectivity index (χ2v) is 5.37. The Hall–Kier alpha value is -1.59. The molecule has 19 heavy (non-hydrogen) atoms. The highest BCUT2D eigenvalue weighted by molar-refractivity contribution is 5.78. The molecule has 0 aromatic carbocycles. The quantitative estimate of drug-likeness (QED) is 0.566. The smallest absolute Gasteiger partial charge is 0.303 e. The van der Waals surface area contributed by atoms with Crippen LogP contribution in [0.3, 0.4) is 0 Å². The molecule has 6 nitrogen and oxygen atoms in total. The molecule has 1 aliphatic carbocycles. The van der Waals surface area contributed by atoms with E-state index in [9.17, 15) is 14.4 Å². The molecule has 0 aliphatic heterocycles. The zero-order chi connectivity index (χ0) is 14.3. The monoisotopic (exact) mass is 270 g/mol. The first-order valence-corrected chi connectivity index (χ1v) is 6.70. The van der Waals surface area contributed by atoms with Crippen molar-refractivity contribution in [2.75, 3.05) is 6.54 Å². The topological polar surface area (TPSA) is 109 Å². The average molecular weight is 270 g/mol. The van der Waals surface area contributed by atoms with Crippen molar-refractivity contribution in [3.63, 3.8) is 0 Å². The normalized spacial score (nSPS) is 17.1. The van der Waals surface area contributed by atoms with Gasteiger partial charge in [0.15, 0.2) is 0 Å². The molecule has 0 aromatic rings. The number of aliphatic carboxylic acids is 1. The molecule has 0 saturated heterocycles. The number of primary amides is 1. The van der Waals surface area contributed by atoms with Gasteiger partial charge in [0.1, 0.15) is 0 Å². The van der Waals surface area contributed by atoms with Gasteiger partial charge in [-0.15, -0.1) is 0 Å². The summed E-state index contributed by atoms with van der Waals surface area (Å²) >= 11 is 0. The van der Waals surface area contributed by atoms with Crippen molar-refractivity contribution in [2.24, 2.45) is 11.1 Å². The second-order valence-electron chi connectivity index (χ2n) is 5.37. The van der Waals surface area contributed by atoms with Crippen LogP contribution in [0.1, 0.15) is 51.4 Å². The SMILES string of the molecule is NC(=O)CCCNC(=O)CC1(CC(=O)O)CCCC1. The van der Waals surface area contributed by atoms with Crippen molar-refractivity contribution in [2.45, 2.75) is 51.4 Å². The number of carboxylic acid groups (broad SMARTS) is 1. The fourth-order valence-electron chi connectivity index (χ4n) is 2.76. The van der Waals surface area contributed by atoms with Crippen molar-refractivity contribution in [3.8, 4) is 0 Å². The van der Waals surface area contributed by atoms with Gasteiger partial charge in [0.25, 0.3) is 0 Å². The molecule has 1 fully saturated rings. The summed E-state index contributed by atoms with van der Waals surface area (Å²) in [7, 11) is 0. The molecule has 0 bridgehead atoms. The third-order valence-corrected chi connectivity index (χ3v) is 3.65. The summed E-state index contributed by atoms with van der Waals surface area (Å²) in [4.78, 5) is 33.2. The highest BCUT2D eigenvalue weighted by atomic mass is 16.4. The van der Waals surface area contributed by atoms with E-state index in [-0.39, 0.29) is 36.5 Å². The Kier molecular flexibility index (Phi) is 5.79. The maximum Gasteiger partial charge on any atom is 0.303 e. The summed E-state index contributed by atoms with van der Waals surface area (Å²) < 4.78 is 0. The van der Waals surface area contributed by atoms with E-state index in [0.717, 1.165) is 25.7 Å². The first-order valence-electron chi connectivity index (χ1n) is 6.70. The van der Waals surface area contributed by atoms with Crippen LogP contribution in [0.15, 0.2) is 0 Å². The van der Waals surface area contributed by atoms with Crippen molar-refractivity contribution in [3.05, 3.63) is 0 Å².